The lowest BCUT2D eigenvalue weighted by Crippen LogP contribution is -2.08. The molecule has 17 heavy (non-hydrogen) atoms. The van der Waals surface area contributed by atoms with Crippen LogP contribution in [-0.2, 0) is 6.18 Å². The molecule has 0 aromatic heterocycles. The van der Waals surface area contributed by atoms with Crippen LogP contribution in [0.5, 0.6) is 0 Å². The predicted octanol–water partition coefficient (Wildman–Crippen LogP) is 4.16. The second kappa shape index (κ2) is 3.93. The summed E-state index contributed by atoms with van der Waals surface area (Å²) in [6.07, 6.45) is -3.07. The van der Waals surface area contributed by atoms with Gasteiger partial charge in [-0.25, -0.2) is 0 Å². The minimum atomic E-state index is -4.25. The van der Waals surface area contributed by atoms with E-state index in [-0.39, 0.29) is 0 Å². The van der Waals surface area contributed by atoms with Crippen molar-refractivity contribution < 1.29 is 13.2 Å². The van der Waals surface area contributed by atoms with Crippen LogP contribution in [0.15, 0.2) is 24.3 Å². The highest BCUT2D eigenvalue weighted by Crippen LogP contribution is 2.51. The SMILES string of the molecule is CC1(C)CC1CNc1ccc(C(F)(F)F)cc1. The fourth-order valence-electron chi connectivity index (χ4n) is 1.94. The third kappa shape index (κ3) is 2.93. The van der Waals surface area contributed by atoms with Gasteiger partial charge in [-0.05, 0) is 42.0 Å². The number of hydrogen-bond acceptors (Lipinski definition) is 1. The van der Waals surface area contributed by atoms with E-state index < -0.39 is 11.7 Å². The summed E-state index contributed by atoms with van der Waals surface area (Å²) in [4.78, 5) is 0. The first-order chi connectivity index (χ1) is 7.79. The Morgan fingerprint density at radius 2 is 1.76 bits per heavy atom. The maximum absolute atomic E-state index is 12.3. The number of halogens is 3. The van der Waals surface area contributed by atoms with Crippen LogP contribution in [0, 0.1) is 11.3 Å². The Morgan fingerprint density at radius 3 is 2.18 bits per heavy atom. The molecule has 0 amide bonds. The van der Waals surface area contributed by atoms with Crippen molar-refractivity contribution in [3.8, 4) is 0 Å². The van der Waals surface area contributed by atoms with Crippen LogP contribution in [0.3, 0.4) is 0 Å². The van der Waals surface area contributed by atoms with Crippen LogP contribution < -0.4 is 5.32 Å². The van der Waals surface area contributed by atoms with Crippen molar-refractivity contribution in [3.63, 3.8) is 0 Å². The molecule has 1 aromatic rings. The average Bonchev–Trinajstić information content (AvgIpc) is 2.83. The molecule has 1 aliphatic carbocycles. The lowest BCUT2D eigenvalue weighted by Gasteiger charge is -2.10. The molecule has 0 spiro atoms. The Balaban J connectivity index is 1.91. The standard InChI is InChI=1S/C13H16F3N/c1-12(2)7-10(12)8-17-11-5-3-9(4-6-11)13(14,15)16/h3-6,10,17H,7-8H2,1-2H3. The molecule has 0 bridgehead atoms. The lowest BCUT2D eigenvalue weighted by atomic mass is 10.1. The molecule has 0 saturated heterocycles. The Hall–Kier alpha value is -1.19. The van der Waals surface area contributed by atoms with Gasteiger partial charge in [-0.1, -0.05) is 13.8 Å². The van der Waals surface area contributed by atoms with E-state index in [0.717, 1.165) is 24.4 Å². The van der Waals surface area contributed by atoms with Gasteiger partial charge < -0.3 is 5.32 Å². The molecular formula is C13H16F3N. The quantitative estimate of drug-likeness (QED) is 0.840. The van der Waals surface area contributed by atoms with E-state index in [2.05, 4.69) is 19.2 Å². The molecule has 1 aromatic carbocycles. The number of rotatable bonds is 3. The molecule has 0 aliphatic heterocycles. The van der Waals surface area contributed by atoms with Gasteiger partial charge in [0, 0.05) is 12.2 Å². The van der Waals surface area contributed by atoms with E-state index in [1.54, 1.807) is 0 Å². The highest BCUT2D eigenvalue weighted by molar-refractivity contribution is 5.45. The van der Waals surface area contributed by atoms with E-state index in [4.69, 9.17) is 0 Å². The minimum Gasteiger partial charge on any atom is -0.385 e. The molecule has 1 saturated carbocycles. The highest BCUT2D eigenvalue weighted by atomic mass is 19.4. The summed E-state index contributed by atoms with van der Waals surface area (Å²) in [5.41, 5.74) is 0.536. The van der Waals surface area contributed by atoms with Gasteiger partial charge in [-0.15, -0.1) is 0 Å². The molecule has 4 heteroatoms. The largest absolute Gasteiger partial charge is 0.416 e. The number of alkyl halides is 3. The van der Waals surface area contributed by atoms with Gasteiger partial charge in [0.05, 0.1) is 5.56 Å². The Kier molecular flexibility index (Phi) is 2.84. The van der Waals surface area contributed by atoms with Gasteiger partial charge in [-0.3, -0.25) is 0 Å². The normalized spacial score (nSPS) is 22.3. The number of hydrogen-bond donors (Lipinski definition) is 1. The highest BCUT2D eigenvalue weighted by Gasteiger charge is 2.44. The Morgan fingerprint density at radius 1 is 1.24 bits per heavy atom. The van der Waals surface area contributed by atoms with E-state index in [0.29, 0.717) is 11.3 Å². The maximum Gasteiger partial charge on any atom is 0.416 e. The van der Waals surface area contributed by atoms with Gasteiger partial charge >= 0.3 is 6.18 Å². The number of anilines is 1. The van der Waals surface area contributed by atoms with E-state index in [1.807, 2.05) is 0 Å². The Bertz CT molecular complexity index is 392. The summed E-state index contributed by atoms with van der Waals surface area (Å²) in [6, 6.07) is 5.19. The molecule has 1 nitrogen and oxygen atoms in total. The minimum absolute atomic E-state index is 0.388. The van der Waals surface area contributed by atoms with Crippen LogP contribution in [0.1, 0.15) is 25.8 Å². The zero-order chi connectivity index (χ0) is 12.7. The molecule has 1 fully saturated rings. The van der Waals surface area contributed by atoms with Crippen molar-refractivity contribution >= 4 is 5.69 Å². The molecule has 1 aliphatic rings. The smallest absolute Gasteiger partial charge is 0.385 e. The zero-order valence-electron chi connectivity index (χ0n) is 9.93. The summed E-state index contributed by atoms with van der Waals surface area (Å²) >= 11 is 0. The van der Waals surface area contributed by atoms with Crippen molar-refractivity contribution in [2.75, 3.05) is 11.9 Å². The third-order valence-electron chi connectivity index (χ3n) is 3.48. The van der Waals surface area contributed by atoms with Crippen molar-refractivity contribution in [2.45, 2.75) is 26.4 Å². The summed E-state index contributed by atoms with van der Waals surface area (Å²) < 4.78 is 37.0. The van der Waals surface area contributed by atoms with Crippen LogP contribution >= 0.6 is 0 Å². The number of nitrogens with one attached hydrogen (secondary N) is 1. The zero-order valence-corrected chi connectivity index (χ0v) is 9.93. The molecule has 0 radical (unpaired) electrons. The fraction of sp³-hybridized carbons (Fsp3) is 0.538. The van der Waals surface area contributed by atoms with E-state index in [9.17, 15) is 13.2 Å². The summed E-state index contributed by atoms with van der Waals surface area (Å²) in [5.74, 6) is 0.629. The first-order valence-electron chi connectivity index (χ1n) is 5.70. The van der Waals surface area contributed by atoms with Gasteiger partial charge in [0.1, 0.15) is 0 Å². The molecule has 0 heterocycles. The molecule has 1 N–H and O–H groups in total. The fourth-order valence-corrected chi connectivity index (χ4v) is 1.94. The first-order valence-corrected chi connectivity index (χ1v) is 5.70. The molecule has 1 unspecified atom stereocenters. The van der Waals surface area contributed by atoms with Crippen molar-refractivity contribution in [2.24, 2.45) is 11.3 Å². The first kappa shape index (κ1) is 12.3. The monoisotopic (exact) mass is 243 g/mol. The van der Waals surface area contributed by atoms with Crippen molar-refractivity contribution in [1.29, 1.82) is 0 Å². The molecule has 94 valence electrons. The summed E-state index contributed by atoms with van der Waals surface area (Å²) in [5, 5.41) is 3.17. The van der Waals surface area contributed by atoms with E-state index >= 15 is 0 Å². The van der Waals surface area contributed by atoms with Crippen LogP contribution in [0.4, 0.5) is 18.9 Å². The van der Waals surface area contributed by atoms with Gasteiger partial charge in [0.25, 0.3) is 0 Å². The summed E-state index contributed by atoms with van der Waals surface area (Å²) in [6.45, 7) is 5.23. The Labute approximate surface area is 99.0 Å². The van der Waals surface area contributed by atoms with E-state index in [1.165, 1.54) is 18.6 Å². The van der Waals surface area contributed by atoms with Crippen LogP contribution in [0.25, 0.3) is 0 Å². The van der Waals surface area contributed by atoms with Crippen molar-refractivity contribution in [3.05, 3.63) is 29.8 Å². The van der Waals surface area contributed by atoms with Gasteiger partial charge in [0.2, 0.25) is 0 Å². The van der Waals surface area contributed by atoms with Crippen LogP contribution in [-0.4, -0.2) is 6.54 Å². The number of benzene rings is 1. The average molecular weight is 243 g/mol. The molecular weight excluding hydrogens is 227 g/mol. The molecule has 1 atom stereocenters. The second-order valence-corrected chi connectivity index (χ2v) is 5.35. The van der Waals surface area contributed by atoms with Gasteiger partial charge in [0.15, 0.2) is 0 Å². The molecule has 2 rings (SSSR count). The summed E-state index contributed by atoms with van der Waals surface area (Å²) in [7, 11) is 0. The van der Waals surface area contributed by atoms with Crippen LogP contribution in [0.2, 0.25) is 0 Å². The maximum atomic E-state index is 12.3. The lowest BCUT2D eigenvalue weighted by molar-refractivity contribution is -0.137. The predicted molar refractivity (Wildman–Crippen MR) is 61.8 cm³/mol. The topological polar surface area (TPSA) is 12.0 Å². The second-order valence-electron chi connectivity index (χ2n) is 5.35. The third-order valence-corrected chi connectivity index (χ3v) is 3.48. The van der Waals surface area contributed by atoms with Gasteiger partial charge in [-0.2, -0.15) is 13.2 Å². The van der Waals surface area contributed by atoms with Crippen molar-refractivity contribution in [1.82, 2.24) is 0 Å².